The highest BCUT2D eigenvalue weighted by molar-refractivity contribution is 5.78. The number of hydrogen-bond acceptors (Lipinski definition) is 3. The van der Waals surface area contributed by atoms with Gasteiger partial charge in [-0.25, -0.2) is 0 Å². The van der Waals surface area contributed by atoms with E-state index in [0.717, 1.165) is 13.0 Å². The van der Waals surface area contributed by atoms with Gasteiger partial charge in [-0.1, -0.05) is 39.0 Å². The lowest BCUT2D eigenvalue weighted by molar-refractivity contribution is -0.123. The Morgan fingerprint density at radius 2 is 2.05 bits per heavy atom. The first-order valence-corrected chi connectivity index (χ1v) is 8.78. The van der Waals surface area contributed by atoms with E-state index in [1.807, 2.05) is 0 Å². The molecule has 124 valence electrons. The zero-order chi connectivity index (χ0) is 15.7. The Balaban J connectivity index is 2.32. The van der Waals surface area contributed by atoms with E-state index < -0.39 is 0 Å². The van der Waals surface area contributed by atoms with Crippen molar-refractivity contribution in [1.82, 2.24) is 10.2 Å². The van der Waals surface area contributed by atoms with Gasteiger partial charge in [-0.15, -0.1) is 0 Å². The van der Waals surface area contributed by atoms with E-state index >= 15 is 0 Å². The molecule has 0 spiro atoms. The van der Waals surface area contributed by atoms with Gasteiger partial charge in [-0.2, -0.15) is 0 Å². The van der Waals surface area contributed by atoms with Crippen LogP contribution in [0.1, 0.15) is 65.2 Å². The molecule has 4 heteroatoms. The monoisotopic (exact) mass is 297 g/mol. The maximum Gasteiger partial charge on any atom is 0.234 e. The minimum Gasteiger partial charge on any atom is -0.353 e. The number of unbranched alkanes of at least 4 members (excludes halogenated alkanes) is 2. The molecule has 3 unspecified atom stereocenters. The molecule has 0 aliphatic heterocycles. The topological polar surface area (TPSA) is 58.4 Å². The predicted molar refractivity (Wildman–Crippen MR) is 89.2 cm³/mol. The first kappa shape index (κ1) is 18.4. The molecule has 0 aromatic rings. The van der Waals surface area contributed by atoms with Crippen molar-refractivity contribution in [3.05, 3.63) is 0 Å². The number of rotatable bonds is 9. The third-order valence-electron chi connectivity index (χ3n) is 4.78. The van der Waals surface area contributed by atoms with Gasteiger partial charge in [0.05, 0.1) is 6.54 Å². The van der Waals surface area contributed by atoms with Crippen LogP contribution in [0.4, 0.5) is 0 Å². The van der Waals surface area contributed by atoms with Crippen LogP contribution < -0.4 is 11.1 Å². The van der Waals surface area contributed by atoms with Crippen LogP contribution in [-0.4, -0.2) is 43.0 Å². The summed E-state index contributed by atoms with van der Waals surface area (Å²) in [4.78, 5) is 14.4. The first-order chi connectivity index (χ1) is 10.1. The van der Waals surface area contributed by atoms with E-state index in [1.165, 1.54) is 44.9 Å². The molecule has 0 radical (unpaired) electrons. The predicted octanol–water partition coefficient (Wildman–Crippen LogP) is 2.52. The Bertz CT molecular complexity index is 296. The highest BCUT2D eigenvalue weighted by Gasteiger charge is 2.28. The quantitative estimate of drug-likeness (QED) is 0.643. The SMILES string of the molecule is CCCCCC(C)NC(=O)CN(C)C1CCCCC1CN. The fourth-order valence-corrected chi connectivity index (χ4v) is 3.48. The van der Waals surface area contributed by atoms with Crippen LogP contribution in [0.15, 0.2) is 0 Å². The molecule has 0 aromatic heterocycles. The molecule has 0 aromatic carbocycles. The number of carbonyl (C=O) groups excluding carboxylic acids is 1. The van der Waals surface area contributed by atoms with Crippen LogP contribution in [0.2, 0.25) is 0 Å². The Labute approximate surface area is 130 Å². The molecule has 1 rings (SSSR count). The lowest BCUT2D eigenvalue weighted by atomic mass is 9.84. The number of carbonyl (C=O) groups is 1. The molecule has 1 fully saturated rings. The fraction of sp³-hybridized carbons (Fsp3) is 0.941. The first-order valence-electron chi connectivity index (χ1n) is 8.78. The number of hydrogen-bond donors (Lipinski definition) is 2. The van der Waals surface area contributed by atoms with Crippen LogP contribution in [0.5, 0.6) is 0 Å². The van der Waals surface area contributed by atoms with Crippen molar-refractivity contribution in [2.45, 2.75) is 77.3 Å². The van der Waals surface area contributed by atoms with E-state index in [4.69, 9.17) is 5.73 Å². The van der Waals surface area contributed by atoms with Crippen LogP contribution in [0, 0.1) is 5.92 Å². The average molecular weight is 297 g/mol. The van der Waals surface area contributed by atoms with Crippen LogP contribution in [0.3, 0.4) is 0 Å². The van der Waals surface area contributed by atoms with Gasteiger partial charge in [0.2, 0.25) is 5.91 Å². The third-order valence-corrected chi connectivity index (χ3v) is 4.78. The molecule has 3 atom stereocenters. The van der Waals surface area contributed by atoms with Crippen molar-refractivity contribution in [3.8, 4) is 0 Å². The summed E-state index contributed by atoms with van der Waals surface area (Å²) in [6.45, 7) is 5.55. The van der Waals surface area contributed by atoms with E-state index in [9.17, 15) is 4.79 Å². The van der Waals surface area contributed by atoms with Crippen LogP contribution in [-0.2, 0) is 4.79 Å². The minimum atomic E-state index is 0.155. The Hall–Kier alpha value is -0.610. The lowest BCUT2D eigenvalue weighted by Gasteiger charge is -2.37. The lowest BCUT2D eigenvalue weighted by Crippen LogP contribution is -2.48. The standard InChI is InChI=1S/C17H35N3O/c1-4-5-6-9-14(2)19-17(21)13-20(3)16-11-8-7-10-15(16)12-18/h14-16H,4-13,18H2,1-3H3,(H,19,21). The second-order valence-electron chi connectivity index (χ2n) is 6.73. The molecule has 1 saturated carbocycles. The van der Waals surface area contributed by atoms with Gasteiger partial charge >= 0.3 is 0 Å². The maximum atomic E-state index is 12.2. The molecular weight excluding hydrogens is 262 g/mol. The highest BCUT2D eigenvalue weighted by atomic mass is 16.2. The van der Waals surface area contributed by atoms with Gasteiger partial charge in [0.25, 0.3) is 0 Å². The van der Waals surface area contributed by atoms with Crippen molar-refractivity contribution < 1.29 is 4.79 Å². The molecule has 1 amide bonds. The molecule has 0 heterocycles. The molecular formula is C17H35N3O. The maximum absolute atomic E-state index is 12.2. The van der Waals surface area contributed by atoms with Gasteiger partial charge in [0.15, 0.2) is 0 Å². The number of amides is 1. The van der Waals surface area contributed by atoms with Crippen molar-refractivity contribution in [2.75, 3.05) is 20.1 Å². The summed E-state index contributed by atoms with van der Waals surface area (Å²) in [6.07, 6.45) is 9.70. The van der Waals surface area contributed by atoms with Crippen molar-refractivity contribution in [1.29, 1.82) is 0 Å². The van der Waals surface area contributed by atoms with Gasteiger partial charge in [0.1, 0.15) is 0 Å². The van der Waals surface area contributed by atoms with Crippen molar-refractivity contribution in [3.63, 3.8) is 0 Å². The number of nitrogens with two attached hydrogens (primary N) is 1. The average Bonchev–Trinajstić information content (AvgIpc) is 2.47. The van der Waals surface area contributed by atoms with Crippen LogP contribution >= 0.6 is 0 Å². The van der Waals surface area contributed by atoms with Crippen molar-refractivity contribution >= 4 is 5.91 Å². The van der Waals surface area contributed by atoms with E-state index in [1.54, 1.807) is 0 Å². The number of likely N-dealkylation sites (N-methyl/N-ethyl adjacent to an activating group) is 1. The minimum absolute atomic E-state index is 0.155. The molecule has 0 saturated heterocycles. The molecule has 3 N–H and O–H groups in total. The highest BCUT2D eigenvalue weighted by Crippen LogP contribution is 2.26. The van der Waals surface area contributed by atoms with Crippen LogP contribution in [0.25, 0.3) is 0 Å². The van der Waals surface area contributed by atoms with E-state index in [0.29, 0.717) is 18.5 Å². The Morgan fingerprint density at radius 1 is 1.33 bits per heavy atom. The molecule has 1 aliphatic carbocycles. The smallest absolute Gasteiger partial charge is 0.234 e. The number of nitrogens with zero attached hydrogens (tertiary/aromatic N) is 1. The van der Waals surface area contributed by atoms with Crippen molar-refractivity contribution in [2.24, 2.45) is 11.7 Å². The molecule has 0 bridgehead atoms. The molecule has 1 aliphatic rings. The third kappa shape index (κ3) is 6.79. The second-order valence-corrected chi connectivity index (χ2v) is 6.73. The van der Waals surface area contributed by atoms with E-state index in [2.05, 4.69) is 31.1 Å². The summed E-state index contributed by atoms with van der Waals surface area (Å²) < 4.78 is 0. The fourth-order valence-electron chi connectivity index (χ4n) is 3.48. The second kappa shape index (κ2) is 10.2. The molecule has 21 heavy (non-hydrogen) atoms. The van der Waals surface area contributed by atoms with Gasteiger partial charge in [0, 0.05) is 12.1 Å². The molecule has 4 nitrogen and oxygen atoms in total. The largest absolute Gasteiger partial charge is 0.353 e. The van der Waals surface area contributed by atoms with Gasteiger partial charge < -0.3 is 11.1 Å². The number of nitrogens with one attached hydrogen (secondary N) is 1. The van der Waals surface area contributed by atoms with Gasteiger partial charge in [-0.3, -0.25) is 9.69 Å². The Kier molecular flexibility index (Phi) is 8.93. The summed E-state index contributed by atoms with van der Waals surface area (Å²) in [5.41, 5.74) is 5.88. The summed E-state index contributed by atoms with van der Waals surface area (Å²) >= 11 is 0. The summed E-state index contributed by atoms with van der Waals surface area (Å²) in [5, 5.41) is 3.13. The summed E-state index contributed by atoms with van der Waals surface area (Å²) in [7, 11) is 2.07. The van der Waals surface area contributed by atoms with Gasteiger partial charge in [-0.05, 0) is 45.7 Å². The Morgan fingerprint density at radius 3 is 2.71 bits per heavy atom. The zero-order valence-corrected chi connectivity index (χ0v) is 14.2. The summed E-state index contributed by atoms with van der Waals surface area (Å²) in [6, 6.07) is 0.763. The summed E-state index contributed by atoms with van der Waals surface area (Å²) in [5.74, 6) is 0.710. The van der Waals surface area contributed by atoms with E-state index in [-0.39, 0.29) is 11.9 Å². The normalized spacial score (nSPS) is 24.0. The zero-order valence-electron chi connectivity index (χ0n) is 14.2.